The number of benzene rings is 4. The van der Waals surface area contributed by atoms with E-state index >= 15 is 0 Å². The molecule has 2 saturated heterocycles. The lowest BCUT2D eigenvalue weighted by molar-refractivity contribution is -0.268. The summed E-state index contributed by atoms with van der Waals surface area (Å²) >= 11 is 1.54. The van der Waals surface area contributed by atoms with E-state index in [9.17, 15) is 19.5 Å². The molecule has 3 heterocycles. The van der Waals surface area contributed by atoms with Crippen molar-refractivity contribution in [1.29, 1.82) is 0 Å². The first-order chi connectivity index (χ1) is 26.3. The van der Waals surface area contributed by atoms with Crippen LogP contribution in [0.15, 0.2) is 127 Å². The molecule has 4 aromatic carbocycles. The van der Waals surface area contributed by atoms with Crippen molar-refractivity contribution >= 4 is 29.7 Å². The van der Waals surface area contributed by atoms with Gasteiger partial charge in [-0.05, 0) is 45.5 Å². The summed E-state index contributed by atoms with van der Waals surface area (Å²) in [6.07, 6.45) is 1.53. The highest BCUT2D eigenvalue weighted by Gasteiger charge is 2.40. The summed E-state index contributed by atoms with van der Waals surface area (Å²) in [5.41, 5.74) is 6.14. The Morgan fingerprint density at radius 2 is 1.57 bits per heavy atom. The van der Waals surface area contributed by atoms with E-state index < -0.39 is 24.3 Å². The number of aromatic nitrogens is 2. The second-order valence-corrected chi connectivity index (χ2v) is 14.3. The van der Waals surface area contributed by atoms with Gasteiger partial charge < -0.3 is 24.6 Å². The smallest absolute Gasteiger partial charge is 0.408 e. The van der Waals surface area contributed by atoms with Gasteiger partial charge in [-0.1, -0.05) is 116 Å². The van der Waals surface area contributed by atoms with Crippen molar-refractivity contribution in [2.75, 3.05) is 5.75 Å². The van der Waals surface area contributed by atoms with Crippen molar-refractivity contribution in [3.63, 3.8) is 0 Å². The van der Waals surface area contributed by atoms with Crippen LogP contribution < -0.4 is 5.32 Å². The van der Waals surface area contributed by atoms with Crippen LogP contribution in [-0.2, 0) is 43.6 Å². The number of thioether (sulfide) groups is 1. The fourth-order valence-corrected chi connectivity index (χ4v) is 7.53. The van der Waals surface area contributed by atoms with Crippen molar-refractivity contribution in [2.24, 2.45) is 5.92 Å². The maximum atomic E-state index is 13.2. The molecule has 2 aliphatic heterocycles. The molecule has 276 valence electrons. The van der Waals surface area contributed by atoms with Crippen LogP contribution in [0.2, 0.25) is 0 Å². The monoisotopic (exact) mass is 744 g/mol. The Balaban J connectivity index is 1.01. The van der Waals surface area contributed by atoms with Gasteiger partial charge in [-0.3, -0.25) is 14.5 Å². The fraction of sp³-hybridized carbons (Fsp3) is 0.262. The number of imide groups is 1. The normalized spacial score (nSPS) is 21.2. The molecule has 2 fully saturated rings. The van der Waals surface area contributed by atoms with E-state index in [0.29, 0.717) is 10.9 Å². The van der Waals surface area contributed by atoms with Crippen LogP contribution in [-0.4, -0.2) is 55.8 Å². The Morgan fingerprint density at radius 3 is 2.31 bits per heavy atom. The van der Waals surface area contributed by atoms with Crippen molar-refractivity contribution < 1.29 is 33.7 Å². The maximum Gasteiger partial charge on any atom is 0.408 e. The highest BCUT2D eigenvalue weighted by Crippen LogP contribution is 2.43. The number of nitrogens with zero attached hydrogens (tertiary/aromatic N) is 3. The number of amides is 3. The number of aliphatic hydroxyl groups excluding tert-OH is 1. The average Bonchev–Trinajstić information content (AvgIpc) is 3.47. The van der Waals surface area contributed by atoms with E-state index in [1.54, 1.807) is 30.2 Å². The molecule has 0 radical (unpaired) electrons. The molecule has 2 N–H and O–H groups in total. The van der Waals surface area contributed by atoms with Crippen LogP contribution in [0, 0.1) is 5.92 Å². The lowest BCUT2D eigenvalue weighted by atomic mass is 9.91. The van der Waals surface area contributed by atoms with Crippen molar-refractivity contribution in [1.82, 2.24) is 20.2 Å². The third-order valence-corrected chi connectivity index (χ3v) is 10.5. The molecule has 0 saturated carbocycles. The van der Waals surface area contributed by atoms with Crippen molar-refractivity contribution in [2.45, 2.75) is 62.8 Å². The van der Waals surface area contributed by atoms with E-state index in [1.165, 1.54) is 4.90 Å². The first kappa shape index (κ1) is 36.9. The zero-order chi connectivity index (χ0) is 37.4. The molecule has 0 bridgehead atoms. The average molecular weight is 745 g/mol. The number of alkyl carbamates (subject to hydrolysis) is 1. The summed E-state index contributed by atoms with van der Waals surface area (Å²) in [7, 11) is 0. The van der Waals surface area contributed by atoms with Gasteiger partial charge in [0, 0.05) is 29.6 Å². The largest absolute Gasteiger partial charge is 0.445 e. The summed E-state index contributed by atoms with van der Waals surface area (Å²) < 4.78 is 18.5. The Kier molecular flexibility index (Phi) is 11.7. The number of hydrogen-bond acceptors (Lipinski definition) is 10. The summed E-state index contributed by atoms with van der Waals surface area (Å²) in [4.78, 5) is 48.3. The molecular weight excluding hydrogens is 705 g/mol. The SMILES string of the molecule is C[C@@H]1[C@H](CSc2ncccn2)O[C@H](c2ccc(-c3cccc(CN4C(=O)CC(NC(=O)OCc5ccccc5)C4=O)c3)cc2)O[C@@H]1c1ccc(CO)cc1. The second kappa shape index (κ2) is 17.2. The van der Waals surface area contributed by atoms with Crippen molar-refractivity contribution in [3.8, 4) is 11.1 Å². The van der Waals surface area contributed by atoms with Gasteiger partial charge in [0.25, 0.3) is 5.91 Å². The van der Waals surface area contributed by atoms with Gasteiger partial charge in [0.1, 0.15) is 12.6 Å². The van der Waals surface area contributed by atoms with Crippen LogP contribution >= 0.6 is 11.8 Å². The number of aliphatic hydroxyl groups is 1. The van der Waals surface area contributed by atoms with Gasteiger partial charge in [0.15, 0.2) is 11.4 Å². The summed E-state index contributed by atoms with van der Waals surface area (Å²) in [5, 5.41) is 12.8. The Labute approximate surface area is 317 Å². The maximum absolute atomic E-state index is 13.2. The Bertz CT molecular complexity index is 2050. The minimum atomic E-state index is -0.979. The third-order valence-electron chi connectivity index (χ3n) is 9.57. The van der Waals surface area contributed by atoms with E-state index in [0.717, 1.165) is 38.9 Å². The minimum Gasteiger partial charge on any atom is -0.445 e. The molecule has 11 nitrogen and oxygen atoms in total. The molecule has 2 aliphatic rings. The molecule has 54 heavy (non-hydrogen) atoms. The lowest BCUT2D eigenvalue weighted by Gasteiger charge is -2.41. The van der Waals surface area contributed by atoms with E-state index in [-0.39, 0.29) is 50.2 Å². The number of carbonyl (C=O) groups is 3. The fourth-order valence-electron chi connectivity index (χ4n) is 6.56. The second-order valence-electron chi connectivity index (χ2n) is 13.3. The highest BCUT2D eigenvalue weighted by atomic mass is 32.2. The summed E-state index contributed by atoms with van der Waals surface area (Å²) in [6.45, 7) is 2.23. The van der Waals surface area contributed by atoms with Crippen LogP contribution in [0.5, 0.6) is 0 Å². The lowest BCUT2D eigenvalue weighted by Crippen LogP contribution is -2.41. The predicted octanol–water partition coefficient (Wildman–Crippen LogP) is 6.77. The van der Waals surface area contributed by atoms with Gasteiger partial charge in [-0.25, -0.2) is 14.8 Å². The Hall–Kier alpha value is -5.40. The number of nitrogens with one attached hydrogen (secondary N) is 1. The van der Waals surface area contributed by atoms with E-state index in [4.69, 9.17) is 14.2 Å². The Morgan fingerprint density at radius 1 is 0.852 bits per heavy atom. The molecule has 1 aromatic heterocycles. The predicted molar refractivity (Wildman–Crippen MR) is 201 cm³/mol. The van der Waals surface area contributed by atoms with Gasteiger partial charge in [0.05, 0.1) is 31.8 Å². The molecule has 0 spiro atoms. The highest BCUT2D eigenvalue weighted by molar-refractivity contribution is 7.99. The standard InChI is InChI=1S/C42H40N4O7S/c1-27-36(26-54-41-43-19-6-20-44-41)52-40(53-38(27)32-13-11-28(24-47)12-14-32)33-17-15-31(16-18-33)34-10-5-9-30(21-34)23-46-37(48)22-35(39(46)49)45-42(50)51-25-29-7-3-2-4-8-29/h2-21,27,35-36,38,40,47H,22-26H2,1H3,(H,45,50)/t27-,35?,36+,38+,40+/m1/s1. The summed E-state index contributed by atoms with van der Waals surface area (Å²) in [5.74, 6) is -0.170. The van der Waals surface area contributed by atoms with Gasteiger partial charge in [0.2, 0.25) is 5.91 Å². The van der Waals surface area contributed by atoms with E-state index in [2.05, 4.69) is 22.2 Å². The van der Waals surface area contributed by atoms with Gasteiger partial charge in [-0.2, -0.15) is 0 Å². The first-order valence-corrected chi connectivity index (χ1v) is 18.7. The molecule has 3 amide bonds. The molecule has 1 unspecified atom stereocenters. The number of likely N-dealkylation sites (tertiary alicyclic amines) is 1. The first-order valence-electron chi connectivity index (χ1n) is 17.8. The number of carbonyl (C=O) groups excluding carboxylic acids is 3. The molecule has 7 rings (SSSR count). The number of rotatable bonds is 12. The number of hydrogen-bond donors (Lipinski definition) is 2. The summed E-state index contributed by atoms with van der Waals surface area (Å²) in [6, 6.07) is 33.5. The van der Waals surface area contributed by atoms with E-state index in [1.807, 2.05) is 103 Å². The minimum absolute atomic E-state index is 0.0216. The zero-order valence-electron chi connectivity index (χ0n) is 29.6. The number of ether oxygens (including phenoxy) is 3. The van der Waals surface area contributed by atoms with Gasteiger partial charge in [-0.15, -0.1) is 0 Å². The van der Waals surface area contributed by atoms with Crippen LogP contribution in [0.25, 0.3) is 11.1 Å². The molecule has 5 aromatic rings. The quantitative estimate of drug-likeness (QED) is 0.0799. The van der Waals surface area contributed by atoms with Crippen LogP contribution in [0.1, 0.15) is 53.6 Å². The third kappa shape index (κ3) is 8.86. The van der Waals surface area contributed by atoms with Crippen LogP contribution in [0.3, 0.4) is 0 Å². The molecule has 12 heteroatoms. The topological polar surface area (TPSA) is 140 Å². The van der Waals surface area contributed by atoms with Gasteiger partial charge >= 0.3 is 6.09 Å². The zero-order valence-corrected chi connectivity index (χ0v) is 30.4. The molecule has 0 aliphatic carbocycles. The van der Waals surface area contributed by atoms with Crippen LogP contribution in [0.4, 0.5) is 4.79 Å². The van der Waals surface area contributed by atoms with Crippen molar-refractivity contribution in [3.05, 3.63) is 149 Å². The molecule has 5 atom stereocenters. The molecular formula is C42H40N4O7S.